The van der Waals surface area contributed by atoms with E-state index >= 15 is 0 Å². The quantitative estimate of drug-likeness (QED) is 0.865. The first-order valence-electron chi connectivity index (χ1n) is 9.39. The fourth-order valence-electron chi connectivity index (χ4n) is 3.60. The number of aromatic nitrogens is 1. The first-order valence-corrected chi connectivity index (χ1v) is 9.39. The number of piperidine rings is 1. The van der Waals surface area contributed by atoms with Crippen molar-refractivity contribution in [3.05, 3.63) is 42.2 Å². The number of amides is 1. The molecule has 1 aromatic carbocycles. The maximum Gasteiger partial charge on any atom is 0.410 e. The van der Waals surface area contributed by atoms with Crippen LogP contribution < -0.4 is 0 Å². The number of halogens is 1. The molecule has 0 saturated carbocycles. The van der Waals surface area contributed by atoms with Gasteiger partial charge in [0.1, 0.15) is 11.8 Å². The highest BCUT2D eigenvalue weighted by Gasteiger charge is 2.35. The molecule has 1 N–H and O–H groups in total. The molecular formula is C21H27FN2O3. The van der Waals surface area contributed by atoms with Gasteiger partial charge in [0.25, 0.3) is 0 Å². The Morgan fingerprint density at radius 1 is 1.41 bits per heavy atom. The molecule has 5 nitrogen and oxygen atoms in total. The molecule has 0 radical (unpaired) electrons. The average Bonchev–Trinajstić information content (AvgIpc) is 2.59. The second-order valence-electron chi connectivity index (χ2n) is 8.14. The van der Waals surface area contributed by atoms with Gasteiger partial charge in [-0.1, -0.05) is 18.2 Å². The zero-order valence-electron chi connectivity index (χ0n) is 16.1. The van der Waals surface area contributed by atoms with Crippen molar-refractivity contribution in [3.63, 3.8) is 0 Å². The van der Waals surface area contributed by atoms with Crippen LogP contribution in [0, 0.1) is 0 Å². The molecule has 1 saturated heterocycles. The largest absolute Gasteiger partial charge is 0.444 e. The fourth-order valence-corrected chi connectivity index (χ4v) is 3.60. The topological polar surface area (TPSA) is 62.7 Å². The van der Waals surface area contributed by atoms with E-state index in [4.69, 9.17) is 4.74 Å². The monoisotopic (exact) mass is 374 g/mol. The van der Waals surface area contributed by atoms with Gasteiger partial charge in [0, 0.05) is 30.4 Å². The highest BCUT2D eigenvalue weighted by molar-refractivity contribution is 5.85. The number of fused-ring (bicyclic) bond motifs is 1. The molecule has 6 heteroatoms. The van der Waals surface area contributed by atoms with E-state index in [9.17, 15) is 14.3 Å². The maximum absolute atomic E-state index is 14.0. The molecule has 1 amide bonds. The summed E-state index contributed by atoms with van der Waals surface area (Å²) in [5, 5.41) is 12.7. The van der Waals surface area contributed by atoms with Crippen molar-refractivity contribution in [2.24, 2.45) is 0 Å². The third-order valence-corrected chi connectivity index (χ3v) is 4.85. The number of pyridine rings is 1. The van der Waals surface area contributed by atoms with Gasteiger partial charge in [-0.2, -0.15) is 0 Å². The van der Waals surface area contributed by atoms with Crippen molar-refractivity contribution in [2.75, 3.05) is 6.54 Å². The minimum absolute atomic E-state index is 0.208. The van der Waals surface area contributed by atoms with E-state index in [1.54, 1.807) is 38.1 Å². The Balaban J connectivity index is 1.80. The Hall–Kier alpha value is -2.21. The van der Waals surface area contributed by atoms with Crippen molar-refractivity contribution >= 4 is 16.9 Å². The molecule has 0 bridgehead atoms. The van der Waals surface area contributed by atoms with Gasteiger partial charge in [-0.3, -0.25) is 4.98 Å². The number of rotatable bonds is 3. The molecule has 2 heterocycles. The van der Waals surface area contributed by atoms with Crippen molar-refractivity contribution in [3.8, 4) is 0 Å². The minimum Gasteiger partial charge on any atom is -0.444 e. The molecule has 1 aliphatic heterocycles. The van der Waals surface area contributed by atoms with Crippen LogP contribution in [0.4, 0.5) is 9.18 Å². The van der Waals surface area contributed by atoms with E-state index < -0.39 is 30.0 Å². The standard InChI is InChI=1S/C21H27FN2O3/c1-21(2,3)27-20(26)24-10-8-15(22)11-16(24)12-19(25)17-6-4-5-14-7-9-23-13-18(14)17/h4-7,9,13,15-16,19,25H,8,10-12H2,1-3H3/t15-,16-,19-/m1/s1. The SMILES string of the molecule is CC(C)(C)OC(=O)N1CC[C@@H](F)C[C@@H]1C[C@@H](O)c1cccc2ccncc12. The van der Waals surface area contributed by atoms with E-state index in [-0.39, 0.29) is 12.8 Å². The number of ether oxygens (including phenoxy) is 1. The smallest absolute Gasteiger partial charge is 0.410 e. The molecule has 0 unspecified atom stereocenters. The Labute approximate surface area is 159 Å². The predicted molar refractivity (Wildman–Crippen MR) is 102 cm³/mol. The lowest BCUT2D eigenvalue weighted by atomic mass is 9.92. The van der Waals surface area contributed by atoms with Crippen LogP contribution in [0.5, 0.6) is 0 Å². The molecule has 1 aliphatic rings. The van der Waals surface area contributed by atoms with Gasteiger partial charge in [0.05, 0.1) is 6.10 Å². The van der Waals surface area contributed by atoms with E-state index in [0.29, 0.717) is 13.0 Å². The summed E-state index contributed by atoms with van der Waals surface area (Å²) in [6, 6.07) is 7.16. The van der Waals surface area contributed by atoms with Crippen LogP contribution in [0.15, 0.2) is 36.7 Å². The number of aliphatic hydroxyl groups is 1. The predicted octanol–water partition coefficient (Wildman–Crippen LogP) is 4.40. The Kier molecular flexibility index (Phi) is 5.65. The Bertz CT molecular complexity index is 800. The highest BCUT2D eigenvalue weighted by Crippen LogP contribution is 2.32. The lowest BCUT2D eigenvalue weighted by Crippen LogP contribution is -2.49. The van der Waals surface area contributed by atoms with E-state index in [0.717, 1.165) is 16.3 Å². The first kappa shape index (κ1) is 19.5. The second-order valence-corrected chi connectivity index (χ2v) is 8.14. The molecule has 1 aromatic heterocycles. The zero-order valence-corrected chi connectivity index (χ0v) is 16.1. The van der Waals surface area contributed by atoms with Gasteiger partial charge in [-0.25, -0.2) is 9.18 Å². The summed E-state index contributed by atoms with van der Waals surface area (Å²) < 4.78 is 19.5. The average molecular weight is 374 g/mol. The summed E-state index contributed by atoms with van der Waals surface area (Å²) in [7, 11) is 0. The summed E-state index contributed by atoms with van der Waals surface area (Å²) in [5.41, 5.74) is 0.124. The van der Waals surface area contributed by atoms with E-state index in [2.05, 4.69) is 4.98 Å². The van der Waals surface area contributed by atoms with Crippen molar-refractivity contribution < 1.29 is 19.0 Å². The van der Waals surface area contributed by atoms with Crippen LogP contribution in [0.3, 0.4) is 0 Å². The van der Waals surface area contributed by atoms with Gasteiger partial charge in [-0.15, -0.1) is 0 Å². The van der Waals surface area contributed by atoms with Crippen molar-refractivity contribution in [2.45, 2.75) is 64.0 Å². The van der Waals surface area contributed by atoms with Gasteiger partial charge in [-0.05, 0) is 57.0 Å². The third kappa shape index (κ3) is 4.75. The van der Waals surface area contributed by atoms with Crippen LogP contribution in [-0.4, -0.2) is 45.4 Å². The normalized spacial score (nSPS) is 21.9. The number of aliphatic hydroxyl groups excluding tert-OH is 1. The summed E-state index contributed by atoms with van der Waals surface area (Å²) in [4.78, 5) is 18.3. The number of hydrogen-bond donors (Lipinski definition) is 1. The Morgan fingerprint density at radius 2 is 2.19 bits per heavy atom. The summed E-state index contributed by atoms with van der Waals surface area (Å²) >= 11 is 0. The summed E-state index contributed by atoms with van der Waals surface area (Å²) in [6.45, 7) is 5.71. The number of benzene rings is 1. The molecule has 3 atom stereocenters. The van der Waals surface area contributed by atoms with Gasteiger partial charge in [0.2, 0.25) is 0 Å². The maximum atomic E-state index is 14.0. The van der Waals surface area contributed by atoms with Crippen LogP contribution in [0.1, 0.15) is 51.7 Å². The summed E-state index contributed by atoms with van der Waals surface area (Å²) in [5.74, 6) is 0. The fraction of sp³-hybridized carbons (Fsp3) is 0.524. The highest BCUT2D eigenvalue weighted by atomic mass is 19.1. The van der Waals surface area contributed by atoms with Crippen molar-refractivity contribution in [1.82, 2.24) is 9.88 Å². The number of carbonyl (C=O) groups is 1. The van der Waals surface area contributed by atoms with Crippen LogP contribution in [-0.2, 0) is 4.74 Å². The molecule has 0 spiro atoms. The van der Waals surface area contributed by atoms with Gasteiger partial charge < -0.3 is 14.7 Å². The minimum atomic E-state index is -0.977. The van der Waals surface area contributed by atoms with Crippen LogP contribution in [0.2, 0.25) is 0 Å². The molecular weight excluding hydrogens is 347 g/mol. The molecule has 0 aliphatic carbocycles. The van der Waals surface area contributed by atoms with Crippen molar-refractivity contribution in [1.29, 1.82) is 0 Å². The number of likely N-dealkylation sites (tertiary alicyclic amines) is 1. The lowest BCUT2D eigenvalue weighted by molar-refractivity contribution is -0.00656. The summed E-state index contributed by atoms with van der Waals surface area (Å²) in [6.07, 6.45) is 1.94. The molecule has 146 valence electrons. The lowest BCUT2D eigenvalue weighted by Gasteiger charge is -2.38. The zero-order chi connectivity index (χ0) is 19.6. The molecule has 2 aromatic rings. The number of hydrogen-bond acceptors (Lipinski definition) is 4. The molecule has 1 fully saturated rings. The molecule has 3 rings (SSSR count). The third-order valence-electron chi connectivity index (χ3n) is 4.85. The first-order chi connectivity index (χ1) is 12.7. The van der Waals surface area contributed by atoms with Gasteiger partial charge >= 0.3 is 6.09 Å². The second kappa shape index (κ2) is 7.80. The molecule has 27 heavy (non-hydrogen) atoms. The van der Waals surface area contributed by atoms with Crippen LogP contribution in [0.25, 0.3) is 10.8 Å². The van der Waals surface area contributed by atoms with E-state index in [1.165, 1.54) is 0 Å². The Morgan fingerprint density at radius 3 is 2.93 bits per heavy atom. The number of nitrogens with zero attached hydrogens (tertiary/aromatic N) is 2. The van der Waals surface area contributed by atoms with Gasteiger partial charge in [0.15, 0.2) is 0 Å². The van der Waals surface area contributed by atoms with E-state index in [1.807, 2.05) is 24.3 Å². The number of carbonyl (C=O) groups excluding carboxylic acids is 1. The van der Waals surface area contributed by atoms with Crippen LogP contribution >= 0.6 is 0 Å². The number of alkyl halides is 1.